The highest BCUT2D eigenvalue weighted by Gasteiger charge is 2.32. The van der Waals surface area contributed by atoms with E-state index in [4.69, 9.17) is 0 Å². The number of nitrogens with zero attached hydrogens (tertiary/aromatic N) is 2. The van der Waals surface area contributed by atoms with Gasteiger partial charge in [-0.2, -0.15) is 13.2 Å². The second kappa shape index (κ2) is 11.2. The van der Waals surface area contributed by atoms with Crippen LogP contribution in [0.15, 0.2) is 29.3 Å². The molecule has 1 amide bonds. The molecule has 30 heavy (non-hydrogen) atoms. The first-order chi connectivity index (χ1) is 13.6. The van der Waals surface area contributed by atoms with Crippen LogP contribution in [0.25, 0.3) is 0 Å². The summed E-state index contributed by atoms with van der Waals surface area (Å²) in [4.78, 5) is 18.3. The van der Waals surface area contributed by atoms with Crippen LogP contribution in [-0.2, 0) is 16.4 Å². The molecule has 9 heteroatoms. The number of amides is 1. The summed E-state index contributed by atoms with van der Waals surface area (Å²) in [6.07, 6.45) is -3.03. The summed E-state index contributed by atoms with van der Waals surface area (Å²) >= 11 is 0. The predicted octanol–water partition coefficient (Wildman–Crippen LogP) is 4.17. The Kier molecular flexibility index (Phi) is 9.90. The Morgan fingerprint density at radius 1 is 1.23 bits per heavy atom. The van der Waals surface area contributed by atoms with Crippen LogP contribution in [0, 0.1) is 0 Å². The molecule has 1 fully saturated rings. The highest BCUT2D eigenvalue weighted by molar-refractivity contribution is 14.0. The van der Waals surface area contributed by atoms with Gasteiger partial charge in [0.15, 0.2) is 5.96 Å². The molecule has 1 saturated heterocycles. The van der Waals surface area contributed by atoms with E-state index in [1.807, 2.05) is 32.6 Å². The number of aliphatic imine (C=N–C) groups is 1. The van der Waals surface area contributed by atoms with Crippen molar-refractivity contribution in [2.45, 2.75) is 58.2 Å². The lowest BCUT2D eigenvalue weighted by Crippen LogP contribution is -2.45. The largest absolute Gasteiger partial charge is 0.416 e. The van der Waals surface area contributed by atoms with E-state index in [1.54, 1.807) is 6.07 Å². The number of guanidine groups is 1. The van der Waals surface area contributed by atoms with Crippen molar-refractivity contribution in [1.82, 2.24) is 15.5 Å². The van der Waals surface area contributed by atoms with E-state index in [1.165, 1.54) is 12.1 Å². The molecule has 0 bridgehead atoms. The SMILES string of the molecule is CCNC(=NCC(C)(C)c1cccc(C(F)(F)F)c1)NC1CCN(C(=O)CC)C1.I. The lowest BCUT2D eigenvalue weighted by atomic mass is 9.84. The number of halogens is 4. The van der Waals surface area contributed by atoms with Gasteiger partial charge in [-0.05, 0) is 25.0 Å². The van der Waals surface area contributed by atoms with Gasteiger partial charge in [0, 0.05) is 37.5 Å². The van der Waals surface area contributed by atoms with E-state index in [0.29, 0.717) is 37.6 Å². The third-order valence-electron chi connectivity index (χ3n) is 5.13. The van der Waals surface area contributed by atoms with Crippen LogP contribution in [-0.4, -0.2) is 49.0 Å². The molecule has 1 aromatic rings. The minimum Gasteiger partial charge on any atom is -0.357 e. The molecule has 0 saturated carbocycles. The predicted molar refractivity (Wildman–Crippen MR) is 124 cm³/mol. The van der Waals surface area contributed by atoms with Crippen LogP contribution >= 0.6 is 24.0 Å². The zero-order valence-corrected chi connectivity index (χ0v) is 20.3. The molecule has 2 N–H and O–H groups in total. The fourth-order valence-corrected chi connectivity index (χ4v) is 3.33. The fourth-order valence-electron chi connectivity index (χ4n) is 3.33. The van der Waals surface area contributed by atoms with Crippen molar-refractivity contribution < 1.29 is 18.0 Å². The van der Waals surface area contributed by atoms with Gasteiger partial charge in [0.1, 0.15) is 0 Å². The normalized spacial score (nSPS) is 17.5. The molecule has 2 rings (SSSR count). The number of carbonyl (C=O) groups is 1. The van der Waals surface area contributed by atoms with E-state index in [-0.39, 0.29) is 35.9 Å². The highest BCUT2D eigenvalue weighted by Crippen LogP contribution is 2.32. The topological polar surface area (TPSA) is 56.7 Å². The molecule has 1 aliphatic heterocycles. The van der Waals surface area contributed by atoms with Crippen molar-refractivity contribution in [3.63, 3.8) is 0 Å². The van der Waals surface area contributed by atoms with Gasteiger partial charge < -0.3 is 15.5 Å². The smallest absolute Gasteiger partial charge is 0.357 e. The van der Waals surface area contributed by atoms with Crippen LogP contribution in [0.4, 0.5) is 13.2 Å². The fraction of sp³-hybridized carbons (Fsp3) is 0.619. The molecule has 1 heterocycles. The number of hydrogen-bond donors (Lipinski definition) is 2. The van der Waals surface area contributed by atoms with Crippen molar-refractivity contribution in [1.29, 1.82) is 0 Å². The Morgan fingerprint density at radius 2 is 1.90 bits per heavy atom. The van der Waals surface area contributed by atoms with Crippen LogP contribution in [0.1, 0.15) is 51.7 Å². The summed E-state index contributed by atoms with van der Waals surface area (Å²) in [5.74, 6) is 0.755. The molecule has 0 radical (unpaired) electrons. The zero-order valence-electron chi connectivity index (χ0n) is 18.0. The van der Waals surface area contributed by atoms with Crippen molar-refractivity contribution in [2.75, 3.05) is 26.2 Å². The molecular formula is C21H32F3IN4O. The number of benzene rings is 1. The number of rotatable bonds is 6. The van der Waals surface area contributed by atoms with Crippen LogP contribution in [0.5, 0.6) is 0 Å². The van der Waals surface area contributed by atoms with Gasteiger partial charge in [0.2, 0.25) is 5.91 Å². The molecule has 1 aromatic carbocycles. The Morgan fingerprint density at radius 3 is 2.50 bits per heavy atom. The maximum absolute atomic E-state index is 13.0. The van der Waals surface area contributed by atoms with Gasteiger partial charge in [0.25, 0.3) is 0 Å². The van der Waals surface area contributed by atoms with Crippen molar-refractivity contribution >= 4 is 35.8 Å². The van der Waals surface area contributed by atoms with Crippen LogP contribution in [0.2, 0.25) is 0 Å². The summed E-state index contributed by atoms with van der Waals surface area (Å²) in [7, 11) is 0. The quantitative estimate of drug-likeness (QED) is 0.324. The van der Waals surface area contributed by atoms with Gasteiger partial charge >= 0.3 is 6.18 Å². The summed E-state index contributed by atoms with van der Waals surface area (Å²) in [6.45, 7) is 9.92. The van der Waals surface area contributed by atoms with E-state index in [2.05, 4.69) is 15.6 Å². The summed E-state index contributed by atoms with van der Waals surface area (Å²) in [5.41, 5.74) is -0.625. The van der Waals surface area contributed by atoms with E-state index < -0.39 is 17.2 Å². The van der Waals surface area contributed by atoms with Crippen molar-refractivity contribution in [2.24, 2.45) is 4.99 Å². The molecule has 0 aromatic heterocycles. The lowest BCUT2D eigenvalue weighted by molar-refractivity contribution is -0.137. The Bertz CT molecular complexity index is 737. The number of likely N-dealkylation sites (tertiary alicyclic amines) is 1. The van der Waals surface area contributed by atoms with Crippen molar-refractivity contribution in [3.8, 4) is 0 Å². The average Bonchev–Trinajstić information content (AvgIpc) is 3.14. The molecule has 0 aliphatic carbocycles. The summed E-state index contributed by atoms with van der Waals surface area (Å²) in [5, 5.41) is 6.53. The Hall–Kier alpha value is -1.52. The molecule has 1 atom stereocenters. The Balaban J connectivity index is 0.00000450. The van der Waals surface area contributed by atoms with Crippen molar-refractivity contribution in [3.05, 3.63) is 35.4 Å². The third kappa shape index (κ3) is 7.31. The number of hydrogen-bond acceptors (Lipinski definition) is 2. The number of nitrogens with one attached hydrogen (secondary N) is 2. The second-order valence-electron chi connectivity index (χ2n) is 7.98. The maximum atomic E-state index is 13.0. The average molecular weight is 540 g/mol. The van der Waals surface area contributed by atoms with E-state index in [9.17, 15) is 18.0 Å². The molecule has 0 spiro atoms. The second-order valence-corrected chi connectivity index (χ2v) is 7.98. The zero-order chi connectivity index (χ0) is 21.7. The minimum absolute atomic E-state index is 0. The molecule has 5 nitrogen and oxygen atoms in total. The molecular weight excluding hydrogens is 508 g/mol. The van der Waals surface area contributed by atoms with E-state index >= 15 is 0 Å². The molecule has 1 aliphatic rings. The first-order valence-electron chi connectivity index (χ1n) is 10.1. The molecule has 1 unspecified atom stereocenters. The van der Waals surface area contributed by atoms with Crippen LogP contribution < -0.4 is 10.6 Å². The van der Waals surface area contributed by atoms with E-state index in [0.717, 1.165) is 19.0 Å². The maximum Gasteiger partial charge on any atom is 0.416 e. The van der Waals surface area contributed by atoms with Gasteiger partial charge in [0.05, 0.1) is 12.1 Å². The summed E-state index contributed by atoms with van der Waals surface area (Å²) < 4.78 is 39.1. The number of alkyl halides is 3. The van der Waals surface area contributed by atoms with Crippen LogP contribution in [0.3, 0.4) is 0 Å². The first-order valence-corrected chi connectivity index (χ1v) is 10.1. The summed E-state index contributed by atoms with van der Waals surface area (Å²) in [6, 6.07) is 5.53. The highest BCUT2D eigenvalue weighted by atomic mass is 127. The van der Waals surface area contributed by atoms with Gasteiger partial charge in [-0.25, -0.2) is 0 Å². The molecule has 170 valence electrons. The standard InChI is InChI=1S/C21H31F3N4O.HI/c1-5-18(29)28-11-10-17(13-28)27-19(25-6-2)26-14-20(3,4)15-8-7-9-16(12-15)21(22,23)24;/h7-9,12,17H,5-6,10-11,13-14H2,1-4H3,(H2,25,26,27);1H. The van der Waals surface area contributed by atoms with Gasteiger partial charge in [-0.3, -0.25) is 9.79 Å². The van der Waals surface area contributed by atoms with Gasteiger partial charge in [-0.15, -0.1) is 24.0 Å². The van der Waals surface area contributed by atoms with Gasteiger partial charge in [-0.1, -0.05) is 39.0 Å². The Labute approximate surface area is 193 Å². The first kappa shape index (κ1) is 26.5. The number of carbonyl (C=O) groups excluding carboxylic acids is 1. The minimum atomic E-state index is -4.36. The monoisotopic (exact) mass is 540 g/mol. The third-order valence-corrected chi connectivity index (χ3v) is 5.13. The lowest BCUT2D eigenvalue weighted by Gasteiger charge is -2.25.